The zero-order valence-electron chi connectivity index (χ0n) is 13.9. The first-order valence-corrected chi connectivity index (χ1v) is 8.53. The molecule has 2 N–H and O–H groups in total. The highest BCUT2D eigenvalue weighted by Crippen LogP contribution is 2.23. The van der Waals surface area contributed by atoms with E-state index in [0.29, 0.717) is 12.6 Å². The largest absolute Gasteiger partial charge is 0.487 e. The fraction of sp³-hybridized carbons (Fsp3) is 0.400. The van der Waals surface area contributed by atoms with E-state index in [0.717, 1.165) is 38.2 Å². The Morgan fingerprint density at radius 3 is 2.43 bits per heavy atom. The predicted molar refractivity (Wildman–Crippen MR) is 94.7 cm³/mol. The van der Waals surface area contributed by atoms with Gasteiger partial charge in [0.2, 0.25) is 0 Å². The number of benzene rings is 2. The van der Waals surface area contributed by atoms with Crippen LogP contribution in [0, 0.1) is 0 Å². The highest BCUT2D eigenvalue weighted by molar-refractivity contribution is 5.33. The minimum Gasteiger partial charge on any atom is -0.487 e. The SMILES string of the molecule is CCc1ccccc1OC1CN(Cc2ccc(CCN)cc2)C1. The molecule has 0 spiro atoms. The van der Waals surface area contributed by atoms with Crippen LogP contribution < -0.4 is 10.5 Å². The second kappa shape index (κ2) is 7.62. The summed E-state index contributed by atoms with van der Waals surface area (Å²) in [6.45, 7) is 5.89. The molecule has 0 atom stereocenters. The van der Waals surface area contributed by atoms with E-state index in [1.165, 1.54) is 16.7 Å². The Morgan fingerprint density at radius 1 is 1.04 bits per heavy atom. The third kappa shape index (κ3) is 4.12. The Labute approximate surface area is 139 Å². The number of para-hydroxylation sites is 1. The van der Waals surface area contributed by atoms with Crippen LogP contribution in [0.5, 0.6) is 5.75 Å². The van der Waals surface area contributed by atoms with Gasteiger partial charge in [0.1, 0.15) is 11.9 Å². The maximum absolute atomic E-state index is 6.14. The molecule has 0 aromatic heterocycles. The molecule has 1 aliphatic heterocycles. The summed E-state index contributed by atoms with van der Waals surface area (Å²) in [6.07, 6.45) is 2.29. The van der Waals surface area contributed by atoms with Crippen LogP contribution in [0.2, 0.25) is 0 Å². The third-order valence-electron chi connectivity index (χ3n) is 4.43. The van der Waals surface area contributed by atoms with E-state index in [1.54, 1.807) is 0 Å². The number of likely N-dealkylation sites (tertiary alicyclic amines) is 1. The molecule has 0 radical (unpaired) electrons. The van der Waals surface area contributed by atoms with Crippen molar-refractivity contribution in [1.82, 2.24) is 4.90 Å². The van der Waals surface area contributed by atoms with Gasteiger partial charge in [0, 0.05) is 19.6 Å². The molecule has 23 heavy (non-hydrogen) atoms. The molecule has 0 aliphatic carbocycles. The van der Waals surface area contributed by atoms with E-state index in [-0.39, 0.29) is 0 Å². The first-order valence-electron chi connectivity index (χ1n) is 8.53. The quantitative estimate of drug-likeness (QED) is 0.854. The van der Waals surface area contributed by atoms with Crippen molar-refractivity contribution in [3.8, 4) is 5.75 Å². The van der Waals surface area contributed by atoms with Gasteiger partial charge in [-0.15, -0.1) is 0 Å². The molecule has 1 aliphatic rings. The summed E-state index contributed by atoms with van der Waals surface area (Å²) in [7, 11) is 0. The summed E-state index contributed by atoms with van der Waals surface area (Å²) in [5.74, 6) is 1.05. The Kier molecular flexibility index (Phi) is 5.31. The highest BCUT2D eigenvalue weighted by Gasteiger charge is 2.28. The van der Waals surface area contributed by atoms with Gasteiger partial charge in [-0.3, -0.25) is 4.90 Å². The van der Waals surface area contributed by atoms with Crippen molar-refractivity contribution in [2.45, 2.75) is 32.4 Å². The lowest BCUT2D eigenvalue weighted by molar-refractivity contribution is 0.0140. The van der Waals surface area contributed by atoms with Gasteiger partial charge < -0.3 is 10.5 Å². The van der Waals surface area contributed by atoms with Crippen LogP contribution in [0.15, 0.2) is 48.5 Å². The summed E-state index contributed by atoms with van der Waals surface area (Å²) >= 11 is 0. The average molecular weight is 310 g/mol. The van der Waals surface area contributed by atoms with Crippen molar-refractivity contribution >= 4 is 0 Å². The maximum Gasteiger partial charge on any atom is 0.124 e. The molecule has 3 rings (SSSR count). The van der Waals surface area contributed by atoms with E-state index in [1.807, 2.05) is 6.07 Å². The molecule has 0 saturated carbocycles. The lowest BCUT2D eigenvalue weighted by Gasteiger charge is -2.39. The molecule has 3 heteroatoms. The Balaban J connectivity index is 1.47. The summed E-state index contributed by atoms with van der Waals surface area (Å²) in [5, 5.41) is 0. The summed E-state index contributed by atoms with van der Waals surface area (Å²) in [5.41, 5.74) is 9.56. The standard InChI is InChI=1S/C20H26N2O/c1-2-18-5-3-4-6-20(18)23-19-14-22(15-19)13-17-9-7-16(8-10-17)11-12-21/h3-10,19H,2,11-15,21H2,1H3. The van der Waals surface area contributed by atoms with Crippen LogP contribution in [-0.2, 0) is 19.4 Å². The molecule has 0 bridgehead atoms. The van der Waals surface area contributed by atoms with E-state index < -0.39 is 0 Å². The third-order valence-corrected chi connectivity index (χ3v) is 4.43. The van der Waals surface area contributed by atoms with Crippen molar-refractivity contribution in [3.05, 3.63) is 65.2 Å². The first kappa shape index (κ1) is 16.0. The molecular formula is C20H26N2O. The van der Waals surface area contributed by atoms with Gasteiger partial charge in [0.05, 0.1) is 0 Å². The highest BCUT2D eigenvalue weighted by atomic mass is 16.5. The van der Waals surface area contributed by atoms with Gasteiger partial charge in [-0.05, 0) is 42.1 Å². The molecular weight excluding hydrogens is 284 g/mol. The Bertz CT molecular complexity index is 618. The Morgan fingerprint density at radius 2 is 1.74 bits per heavy atom. The van der Waals surface area contributed by atoms with Crippen LogP contribution in [0.25, 0.3) is 0 Å². The second-order valence-electron chi connectivity index (χ2n) is 6.25. The monoisotopic (exact) mass is 310 g/mol. The summed E-state index contributed by atoms with van der Waals surface area (Å²) in [6, 6.07) is 17.2. The Hall–Kier alpha value is -1.84. The summed E-state index contributed by atoms with van der Waals surface area (Å²) in [4.78, 5) is 2.43. The van der Waals surface area contributed by atoms with Crippen molar-refractivity contribution in [2.24, 2.45) is 5.73 Å². The second-order valence-corrected chi connectivity index (χ2v) is 6.25. The minimum absolute atomic E-state index is 0.319. The number of ether oxygens (including phenoxy) is 1. The lowest BCUT2D eigenvalue weighted by atomic mass is 10.1. The van der Waals surface area contributed by atoms with Crippen LogP contribution in [0.3, 0.4) is 0 Å². The van der Waals surface area contributed by atoms with Gasteiger partial charge in [0.15, 0.2) is 0 Å². The number of nitrogens with zero attached hydrogens (tertiary/aromatic N) is 1. The van der Waals surface area contributed by atoms with Crippen molar-refractivity contribution in [2.75, 3.05) is 19.6 Å². The van der Waals surface area contributed by atoms with E-state index >= 15 is 0 Å². The molecule has 122 valence electrons. The van der Waals surface area contributed by atoms with E-state index in [2.05, 4.69) is 54.3 Å². The molecule has 1 saturated heterocycles. The van der Waals surface area contributed by atoms with E-state index in [9.17, 15) is 0 Å². The van der Waals surface area contributed by atoms with Crippen LogP contribution in [0.1, 0.15) is 23.6 Å². The molecule has 2 aromatic rings. The van der Waals surface area contributed by atoms with Crippen molar-refractivity contribution in [3.63, 3.8) is 0 Å². The predicted octanol–water partition coefficient (Wildman–Crippen LogP) is 3.01. The van der Waals surface area contributed by atoms with Crippen LogP contribution in [-0.4, -0.2) is 30.6 Å². The van der Waals surface area contributed by atoms with Gasteiger partial charge in [-0.25, -0.2) is 0 Å². The number of nitrogens with two attached hydrogens (primary N) is 1. The molecule has 1 fully saturated rings. The molecule has 2 aromatic carbocycles. The topological polar surface area (TPSA) is 38.5 Å². The van der Waals surface area contributed by atoms with Gasteiger partial charge in [-0.1, -0.05) is 49.4 Å². The zero-order valence-corrected chi connectivity index (χ0v) is 13.9. The molecule has 3 nitrogen and oxygen atoms in total. The summed E-state index contributed by atoms with van der Waals surface area (Å²) < 4.78 is 6.14. The molecule has 1 heterocycles. The smallest absolute Gasteiger partial charge is 0.124 e. The fourth-order valence-corrected chi connectivity index (χ4v) is 3.05. The van der Waals surface area contributed by atoms with Crippen molar-refractivity contribution in [1.29, 1.82) is 0 Å². The molecule has 0 unspecified atom stereocenters. The number of rotatable bonds is 7. The number of hydrogen-bond acceptors (Lipinski definition) is 3. The molecule has 0 amide bonds. The zero-order chi connectivity index (χ0) is 16.1. The average Bonchev–Trinajstić information content (AvgIpc) is 2.55. The van der Waals surface area contributed by atoms with Crippen molar-refractivity contribution < 1.29 is 4.74 Å². The number of hydrogen-bond donors (Lipinski definition) is 1. The van der Waals surface area contributed by atoms with Crippen LogP contribution in [0.4, 0.5) is 0 Å². The normalized spacial score (nSPS) is 15.4. The maximum atomic E-state index is 6.14. The van der Waals surface area contributed by atoms with Gasteiger partial charge in [-0.2, -0.15) is 0 Å². The van der Waals surface area contributed by atoms with Gasteiger partial charge >= 0.3 is 0 Å². The fourth-order valence-electron chi connectivity index (χ4n) is 3.05. The minimum atomic E-state index is 0.319. The van der Waals surface area contributed by atoms with E-state index in [4.69, 9.17) is 10.5 Å². The number of aryl methyl sites for hydroxylation is 1. The first-order chi connectivity index (χ1) is 11.3. The lowest BCUT2D eigenvalue weighted by Crippen LogP contribution is -2.53. The van der Waals surface area contributed by atoms with Gasteiger partial charge in [0.25, 0.3) is 0 Å². The van der Waals surface area contributed by atoms with Crippen LogP contribution >= 0.6 is 0 Å².